The van der Waals surface area contributed by atoms with E-state index in [4.69, 9.17) is 4.74 Å². The Morgan fingerprint density at radius 2 is 1.79 bits per heavy atom. The number of amides is 2. The minimum absolute atomic E-state index is 0.0623. The molecule has 9 heteroatoms. The van der Waals surface area contributed by atoms with Crippen molar-refractivity contribution in [3.63, 3.8) is 0 Å². The first kappa shape index (κ1) is 22.7. The lowest BCUT2D eigenvalue weighted by atomic mass is 9.92. The van der Waals surface area contributed by atoms with E-state index in [1.807, 2.05) is 0 Å². The zero-order valence-corrected chi connectivity index (χ0v) is 16.9. The van der Waals surface area contributed by atoms with Crippen molar-refractivity contribution in [1.82, 2.24) is 5.32 Å². The molecule has 1 saturated carbocycles. The van der Waals surface area contributed by atoms with Crippen molar-refractivity contribution in [1.29, 1.82) is 5.26 Å². The lowest BCUT2D eigenvalue weighted by Crippen LogP contribution is -2.48. The monoisotopic (exact) mass is 421 g/mol. The van der Waals surface area contributed by atoms with Crippen LogP contribution in [0.5, 0.6) is 0 Å². The van der Waals surface area contributed by atoms with Crippen LogP contribution in [0, 0.1) is 17.1 Å². The van der Waals surface area contributed by atoms with Crippen LogP contribution < -0.4 is 10.6 Å². The van der Waals surface area contributed by atoms with Gasteiger partial charge >= 0.3 is 5.97 Å². The van der Waals surface area contributed by atoms with Crippen molar-refractivity contribution >= 4 is 35.2 Å². The zero-order chi connectivity index (χ0) is 21.1. The summed E-state index contributed by atoms with van der Waals surface area (Å²) < 4.78 is 18.4. The number of benzene rings is 1. The largest absolute Gasteiger partial charge is 0.455 e. The summed E-state index contributed by atoms with van der Waals surface area (Å²) >= 11 is 0.995. The van der Waals surface area contributed by atoms with Gasteiger partial charge in [-0.05, 0) is 25.0 Å². The SMILES string of the molecule is N#CC1(NC(=O)COC(=O)CSCC(=O)Nc2ccccc2F)CCCCCC1. The lowest BCUT2D eigenvalue weighted by Gasteiger charge is -2.26. The summed E-state index contributed by atoms with van der Waals surface area (Å²) in [5, 5.41) is 14.6. The van der Waals surface area contributed by atoms with Crippen molar-refractivity contribution in [2.24, 2.45) is 0 Å². The molecule has 0 bridgehead atoms. The standard InChI is InChI=1S/C20H24FN3O4S/c21-15-7-3-4-8-16(15)23-18(26)12-29-13-19(27)28-11-17(25)24-20(14-22)9-5-1-2-6-10-20/h3-4,7-8H,1-2,5-6,9-13H2,(H,23,26)(H,24,25). The number of nitrogens with zero attached hydrogens (tertiary/aromatic N) is 1. The molecule has 0 atom stereocenters. The van der Waals surface area contributed by atoms with Gasteiger partial charge < -0.3 is 15.4 Å². The number of nitrogens with one attached hydrogen (secondary N) is 2. The first-order valence-electron chi connectivity index (χ1n) is 9.44. The van der Waals surface area contributed by atoms with Crippen LogP contribution in [0.4, 0.5) is 10.1 Å². The maximum atomic E-state index is 13.5. The summed E-state index contributed by atoms with van der Waals surface area (Å²) in [6, 6.07) is 7.98. The first-order chi connectivity index (χ1) is 13.9. The second kappa shape index (κ2) is 11.4. The Balaban J connectivity index is 1.66. The normalized spacial score (nSPS) is 15.4. The molecular weight excluding hydrogens is 397 g/mol. The summed E-state index contributed by atoms with van der Waals surface area (Å²) in [7, 11) is 0. The van der Waals surface area contributed by atoms with Crippen LogP contribution in [0.1, 0.15) is 38.5 Å². The van der Waals surface area contributed by atoms with Crippen molar-refractivity contribution < 1.29 is 23.5 Å². The molecule has 2 amide bonds. The molecular formula is C20H24FN3O4S. The van der Waals surface area contributed by atoms with Gasteiger partial charge in [0.15, 0.2) is 6.61 Å². The molecule has 0 spiro atoms. The molecule has 2 N–H and O–H groups in total. The quantitative estimate of drug-likeness (QED) is 0.494. The number of hydrogen-bond acceptors (Lipinski definition) is 6. The Morgan fingerprint density at radius 1 is 1.10 bits per heavy atom. The van der Waals surface area contributed by atoms with Crippen molar-refractivity contribution in [3.05, 3.63) is 30.1 Å². The molecule has 0 saturated heterocycles. The van der Waals surface area contributed by atoms with Crippen molar-refractivity contribution in [2.75, 3.05) is 23.4 Å². The van der Waals surface area contributed by atoms with Crippen LogP contribution in [0.25, 0.3) is 0 Å². The molecule has 0 aromatic heterocycles. The third kappa shape index (κ3) is 7.74. The predicted octanol–water partition coefficient (Wildman–Crippen LogP) is 2.77. The molecule has 0 radical (unpaired) electrons. The number of para-hydroxylation sites is 1. The maximum Gasteiger partial charge on any atom is 0.316 e. The topological polar surface area (TPSA) is 108 Å². The maximum absolute atomic E-state index is 13.5. The number of anilines is 1. The molecule has 156 valence electrons. The number of carbonyl (C=O) groups is 3. The molecule has 1 aromatic rings. The Hall–Kier alpha value is -2.60. The first-order valence-corrected chi connectivity index (χ1v) is 10.6. The molecule has 7 nitrogen and oxygen atoms in total. The number of esters is 1. The smallest absolute Gasteiger partial charge is 0.316 e. The molecule has 1 aliphatic rings. The Kier molecular flexibility index (Phi) is 8.93. The Morgan fingerprint density at radius 3 is 2.45 bits per heavy atom. The molecule has 29 heavy (non-hydrogen) atoms. The average molecular weight is 421 g/mol. The van der Waals surface area contributed by atoms with Gasteiger partial charge in [0.25, 0.3) is 5.91 Å². The lowest BCUT2D eigenvalue weighted by molar-refractivity contribution is -0.146. The molecule has 0 heterocycles. The summed E-state index contributed by atoms with van der Waals surface area (Å²) in [5.74, 6) is -2.33. The highest BCUT2D eigenvalue weighted by Crippen LogP contribution is 2.26. The number of hydrogen-bond donors (Lipinski definition) is 2. The predicted molar refractivity (Wildman–Crippen MR) is 108 cm³/mol. The number of nitriles is 1. The zero-order valence-electron chi connectivity index (χ0n) is 16.0. The van der Waals surface area contributed by atoms with Gasteiger partial charge in [-0.15, -0.1) is 11.8 Å². The average Bonchev–Trinajstić information content (AvgIpc) is 2.94. The number of thioether (sulfide) groups is 1. The van der Waals surface area contributed by atoms with E-state index in [0.29, 0.717) is 12.8 Å². The Bertz CT molecular complexity index is 773. The summed E-state index contributed by atoms with van der Waals surface area (Å²) in [5.41, 5.74) is -0.818. The van der Waals surface area contributed by atoms with Gasteiger partial charge in [-0.2, -0.15) is 5.26 Å². The number of carbonyl (C=O) groups excluding carboxylic acids is 3. The molecule has 2 rings (SSSR count). The Labute approximate surface area is 173 Å². The van der Waals surface area contributed by atoms with Gasteiger partial charge in [-0.3, -0.25) is 14.4 Å². The van der Waals surface area contributed by atoms with Crippen LogP contribution >= 0.6 is 11.8 Å². The minimum atomic E-state index is -0.889. The van der Waals surface area contributed by atoms with Crippen LogP contribution in [-0.2, 0) is 19.1 Å². The van der Waals surface area contributed by atoms with Gasteiger partial charge in [-0.1, -0.05) is 37.8 Å². The molecule has 0 aliphatic heterocycles. The number of halogens is 1. The summed E-state index contributed by atoms with van der Waals surface area (Å²) in [6.07, 6.45) is 5.01. The summed E-state index contributed by atoms with van der Waals surface area (Å²) in [4.78, 5) is 35.6. The molecule has 1 fully saturated rings. The van der Waals surface area contributed by atoms with E-state index < -0.39 is 35.7 Å². The van der Waals surface area contributed by atoms with Gasteiger partial charge in [0.05, 0.1) is 23.3 Å². The van der Waals surface area contributed by atoms with Crippen LogP contribution in [0.2, 0.25) is 0 Å². The fourth-order valence-corrected chi connectivity index (χ4v) is 3.67. The fraction of sp³-hybridized carbons (Fsp3) is 0.500. The highest BCUT2D eigenvalue weighted by atomic mass is 32.2. The van der Waals surface area contributed by atoms with Crippen LogP contribution in [0.15, 0.2) is 24.3 Å². The highest BCUT2D eigenvalue weighted by Gasteiger charge is 2.32. The molecule has 1 aromatic carbocycles. The highest BCUT2D eigenvalue weighted by molar-refractivity contribution is 8.00. The van der Waals surface area contributed by atoms with Crippen molar-refractivity contribution in [2.45, 2.75) is 44.1 Å². The van der Waals surface area contributed by atoms with Crippen LogP contribution in [-0.4, -0.2) is 41.4 Å². The van der Waals surface area contributed by atoms with E-state index in [2.05, 4.69) is 16.7 Å². The fourth-order valence-electron chi connectivity index (χ4n) is 3.06. The molecule has 0 unspecified atom stereocenters. The second-order valence-electron chi connectivity index (χ2n) is 6.84. The third-order valence-corrected chi connectivity index (χ3v) is 5.42. The molecule has 1 aliphatic carbocycles. The van der Waals surface area contributed by atoms with E-state index in [9.17, 15) is 24.0 Å². The number of ether oxygens (including phenoxy) is 1. The summed E-state index contributed by atoms with van der Waals surface area (Å²) in [6.45, 7) is -0.468. The second-order valence-corrected chi connectivity index (χ2v) is 7.82. The van der Waals surface area contributed by atoms with E-state index in [1.165, 1.54) is 18.2 Å². The third-order valence-electron chi connectivity index (χ3n) is 4.52. The van der Waals surface area contributed by atoms with Gasteiger partial charge in [-0.25, -0.2) is 4.39 Å². The van der Waals surface area contributed by atoms with E-state index >= 15 is 0 Å². The van der Waals surface area contributed by atoms with Gasteiger partial charge in [0.2, 0.25) is 5.91 Å². The van der Waals surface area contributed by atoms with Gasteiger partial charge in [0.1, 0.15) is 11.4 Å². The minimum Gasteiger partial charge on any atom is -0.455 e. The van der Waals surface area contributed by atoms with Gasteiger partial charge in [0, 0.05) is 0 Å². The van der Waals surface area contributed by atoms with Crippen molar-refractivity contribution in [3.8, 4) is 6.07 Å². The van der Waals surface area contributed by atoms with E-state index in [1.54, 1.807) is 6.07 Å². The van der Waals surface area contributed by atoms with E-state index in [0.717, 1.165) is 37.4 Å². The van der Waals surface area contributed by atoms with Crippen LogP contribution in [0.3, 0.4) is 0 Å². The van der Waals surface area contributed by atoms with E-state index in [-0.39, 0.29) is 17.2 Å². The number of rotatable bonds is 8.